The first-order chi connectivity index (χ1) is 13.2. The number of aryl methyl sites for hydroxylation is 1. The van der Waals surface area contributed by atoms with Gasteiger partial charge in [-0.05, 0) is 24.6 Å². The number of carbonyl (C=O) groups is 1. The summed E-state index contributed by atoms with van der Waals surface area (Å²) in [6.07, 6.45) is 2.05. The van der Waals surface area contributed by atoms with E-state index in [1.54, 1.807) is 12.1 Å². The molecule has 0 bridgehead atoms. The summed E-state index contributed by atoms with van der Waals surface area (Å²) in [5, 5.41) is 0. The molecule has 7 heteroatoms. The lowest BCUT2D eigenvalue weighted by Crippen LogP contribution is -2.13. The molecule has 0 fully saturated rings. The fraction of sp³-hybridized carbons (Fsp3) is 0.300. The van der Waals surface area contributed by atoms with Gasteiger partial charge in [0.2, 0.25) is 6.79 Å². The van der Waals surface area contributed by atoms with Crippen LogP contribution in [0.1, 0.15) is 30.1 Å². The van der Waals surface area contributed by atoms with Gasteiger partial charge in [0, 0.05) is 24.7 Å². The maximum atomic E-state index is 12.6. The highest BCUT2D eigenvalue weighted by atomic mass is 32.1. The number of nitrogens with zero attached hydrogens (tertiary/aromatic N) is 2. The zero-order valence-electron chi connectivity index (χ0n) is 15.2. The van der Waals surface area contributed by atoms with Crippen molar-refractivity contribution in [3.05, 3.63) is 46.8 Å². The Morgan fingerprint density at radius 1 is 1.26 bits per heavy atom. The molecule has 0 atom stereocenters. The largest absolute Gasteiger partial charge is 0.494 e. The first kappa shape index (κ1) is 17.6. The van der Waals surface area contributed by atoms with Crippen LogP contribution in [0.5, 0.6) is 17.2 Å². The van der Waals surface area contributed by atoms with Crippen LogP contribution in [-0.4, -0.2) is 23.9 Å². The van der Waals surface area contributed by atoms with Crippen molar-refractivity contribution in [2.75, 3.05) is 13.4 Å². The molecule has 0 saturated heterocycles. The van der Waals surface area contributed by atoms with Gasteiger partial charge in [0.05, 0.1) is 16.8 Å². The number of amides is 1. The molecule has 0 saturated carbocycles. The van der Waals surface area contributed by atoms with Gasteiger partial charge in [-0.3, -0.25) is 4.79 Å². The summed E-state index contributed by atoms with van der Waals surface area (Å²) < 4.78 is 19.4. The number of hydrogen-bond donors (Lipinski definition) is 0. The molecule has 1 aliphatic rings. The van der Waals surface area contributed by atoms with Gasteiger partial charge in [0.1, 0.15) is 5.75 Å². The van der Waals surface area contributed by atoms with Crippen LogP contribution in [0.4, 0.5) is 0 Å². The Balaban J connectivity index is 1.64. The lowest BCUT2D eigenvalue weighted by atomic mass is 10.2. The Bertz CT molecular complexity index is 1070. The molecule has 0 spiro atoms. The first-order valence-electron chi connectivity index (χ1n) is 8.87. The minimum absolute atomic E-state index is 0.239. The van der Waals surface area contributed by atoms with Crippen LogP contribution in [0.2, 0.25) is 0 Å². The van der Waals surface area contributed by atoms with Crippen molar-refractivity contribution in [2.45, 2.75) is 19.8 Å². The summed E-state index contributed by atoms with van der Waals surface area (Å²) in [5.41, 5.74) is 1.46. The van der Waals surface area contributed by atoms with Crippen molar-refractivity contribution in [1.29, 1.82) is 0 Å². The molecule has 1 aliphatic heterocycles. The van der Waals surface area contributed by atoms with Gasteiger partial charge >= 0.3 is 0 Å². The van der Waals surface area contributed by atoms with Crippen molar-refractivity contribution in [3.63, 3.8) is 0 Å². The normalized spacial score (nSPS) is 13.3. The number of hydrogen-bond acceptors (Lipinski definition) is 5. The molecule has 1 amide bonds. The Labute approximate surface area is 160 Å². The molecular weight excluding hydrogens is 364 g/mol. The lowest BCUT2D eigenvalue weighted by Gasteiger charge is -2.05. The highest BCUT2D eigenvalue weighted by Crippen LogP contribution is 2.36. The minimum Gasteiger partial charge on any atom is -0.494 e. The number of rotatable bonds is 5. The highest BCUT2D eigenvalue weighted by Gasteiger charge is 2.17. The maximum absolute atomic E-state index is 12.6. The number of unbranched alkanes of at least 4 members (excludes halogenated alkanes) is 1. The fourth-order valence-electron chi connectivity index (χ4n) is 2.83. The maximum Gasteiger partial charge on any atom is 0.279 e. The van der Waals surface area contributed by atoms with E-state index in [0.29, 0.717) is 28.5 Å². The van der Waals surface area contributed by atoms with Gasteiger partial charge in [-0.1, -0.05) is 30.7 Å². The van der Waals surface area contributed by atoms with E-state index < -0.39 is 0 Å². The molecular formula is C20H20N2O4S. The quantitative estimate of drug-likeness (QED) is 0.626. The molecule has 3 aromatic rings. The second-order valence-corrected chi connectivity index (χ2v) is 7.27. The van der Waals surface area contributed by atoms with E-state index in [-0.39, 0.29) is 12.7 Å². The predicted octanol–water partition coefficient (Wildman–Crippen LogP) is 3.89. The summed E-state index contributed by atoms with van der Waals surface area (Å²) in [4.78, 5) is 17.6. The predicted molar refractivity (Wildman–Crippen MR) is 104 cm³/mol. The van der Waals surface area contributed by atoms with E-state index in [2.05, 4.69) is 11.9 Å². The standard InChI is InChI=1S/C20H20N2O4S/c1-3-4-8-24-14-7-5-6-13(9-14)19(23)21-20-22(2)15-10-16-17(26-12-25-16)11-18(15)27-20/h5-7,9-11H,3-4,8,12H2,1-2H3. The third-order valence-corrected chi connectivity index (χ3v) is 5.44. The van der Waals surface area contributed by atoms with Crippen LogP contribution in [0, 0.1) is 0 Å². The molecule has 27 heavy (non-hydrogen) atoms. The lowest BCUT2D eigenvalue weighted by molar-refractivity contribution is 0.0997. The summed E-state index contributed by atoms with van der Waals surface area (Å²) in [7, 11) is 1.89. The van der Waals surface area contributed by atoms with Crippen molar-refractivity contribution < 1.29 is 19.0 Å². The number of fused-ring (bicyclic) bond motifs is 2. The Morgan fingerprint density at radius 3 is 2.89 bits per heavy atom. The average Bonchev–Trinajstić information content (AvgIpc) is 3.25. The van der Waals surface area contributed by atoms with Crippen molar-refractivity contribution in [2.24, 2.45) is 12.0 Å². The van der Waals surface area contributed by atoms with Gasteiger partial charge in [0.25, 0.3) is 5.91 Å². The van der Waals surface area contributed by atoms with E-state index in [1.807, 2.05) is 35.9 Å². The van der Waals surface area contributed by atoms with Crippen LogP contribution in [-0.2, 0) is 7.05 Å². The Morgan fingerprint density at radius 2 is 2.07 bits per heavy atom. The zero-order valence-corrected chi connectivity index (χ0v) is 16.0. The molecule has 0 unspecified atom stereocenters. The number of benzene rings is 2. The van der Waals surface area contributed by atoms with Crippen LogP contribution >= 0.6 is 11.3 Å². The zero-order chi connectivity index (χ0) is 18.8. The Kier molecular flexibility index (Phi) is 4.85. The number of thiazole rings is 1. The van der Waals surface area contributed by atoms with E-state index in [1.165, 1.54) is 11.3 Å². The highest BCUT2D eigenvalue weighted by molar-refractivity contribution is 7.16. The van der Waals surface area contributed by atoms with Crippen LogP contribution in [0.15, 0.2) is 41.4 Å². The second kappa shape index (κ2) is 7.44. The number of ether oxygens (including phenoxy) is 3. The smallest absolute Gasteiger partial charge is 0.279 e. The molecule has 2 heterocycles. The SMILES string of the molecule is CCCCOc1cccc(C(=O)N=c2sc3cc4c(cc3n2C)OCO4)c1. The molecule has 6 nitrogen and oxygen atoms in total. The second-order valence-electron chi connectivity index (χ2n) is 6.26. The molecule has 0 radical (unpaired) electrons. The van der Waals surface area contributed by atoms with Crippen LogP contribution in [0.3, 0.4) is 0 Å². The molecule has 2 aromatic carbocycles. The molecule has 140 valence electrons. The van der Waals surface area contributed by atoms with Crippen molar-refractivity contribution >= 4 is 27.5 Å². The van der Waals surface area contributed by atoms with Crippen LogP contribution in [0.25, 0.3) is 10.2 Å². The van der Waals surface area contributed by atoms with Gasteiger partial charge in [-0.25, -0.2) is 0 Å². The molecule has 1 aromatic heterocycles. The third kappa shape index (κ3) is 3.55. The van der Waals surface area contributed by atoms with E-state index in [9.17, 15) is 4.79 Å². The van der Waals surface area contributed by atoms with Gasteiger partial charge < -0.3 is 18.8 Å². The number of carbonyl (C=O) groups excluding carboxylic acids is 1. The average molecular weight is 384 g/mol. The van der Waals surface area contributed by atoms with E-state index in [0.717, 1.165) is 28.8 Å². The Hall–Kier alpha value is -2.80. The first-order valence-corrected chi connectivity index (χ1v) is 9.68. The van der Waals surface area contributed by atoms with Gasteiger partial charge in [0.15, 0.2) is 16.3 Å². The topological polar surface area (TPSA) is 62.0 Å². The van der Waals surface area contributed by atoms with Crippen molar-refractivity contribution in [3.8, 4) is 17.2 Å². The van der Waals surface area contributed by atoms with Crippen molar-refractivity contribution in [1.82, 2.24) is 4.57 Å². The fourth-order valence-corrected chi connectivity index (χ4v) is 3.86. The summed E-state index contributed by atoms with van der Waals surface area (Å²) in [5.74, 6) is 1.83. The third-order valence-electron chi connectivity index (χ3n) is 4.35. The molecule has 0 N–H and O–H groups in total. The summed E-state index contributed by atoms with van der Waals surface area (Å²) in [6.45, 7) is 2.99. The molecule has 0 aliphatic carbocycles. The number of aromatic nitrogens is 1. The minimum atomic E-state index is -0.293. The van der Waals surface area contributed by atoms with E-state index >= 15 is 0 Å². The van der Waals surface area contributed by atoms with E-state index in [4.69, 9.17) is 14.2 Å². The summed E-state index contributed by atoms with van der Waals surface area (Å²) >= 11 is 1.44. The monoisotopic (exact) mass is 384 g/mol. The van der Waals surface area contributed by atoms with Gasteiger partial charge in [-0.2, -0.15) is 4.99 Å². The van der Waals surface area contributed by atoms with Gasteiger partial charge in [-0.15, -0.1) is 0 Å². The summed E-state index contributed by atoms with van der Waals surface area (Å²) in [6, 6.07) is 11.0. The molecule has 4 rings (SSSR count). The van der Waals surface area contributed by atoms with Crippen LogP contribution < -0.4 is 19.0 Å².